The number of nitrogens with zero attached hydrogens (tertiary/aromatic N) is 1. The summed E-state index contributed by atoms with van der Waals surface area (Å²) in [5.74, 6) is 6.09. The van der Waals surface area contributed by atoms with Crippen LogP contribution in [0.1, 0.15) is 38.6 Å². The summed E-state index contributed by atoms with van der Waals surface area (Å²) >= 11 is 1.62. The standard InChI is InChI=1S/C11H19N3S/c1-4-5-9(8(2)3)10(14-12)11-13-6-7-15-11/h6-8,14H,4-5,12H2,1-3H3/b10-9+. The molecule has 0 aromatic carbocycles. The summed E-state index contributed by atoms with van der Waals surface area (Å²) in [6.07, 6.45) is 4.00. The number of aromatic nitrogens is 1. The molecule has 1 heterocycles. The Morgan fingerprint density at radius 3 is 2.73 bits per heavy atom. The SMILES string of the molecule is CCC/C(=C(\NN)c1nccs1)C(C)C. The Morgan fingerprint density at radius 1 is 1.60 bits per heavy atom. The van der Waals surface area contributed by atoms with E-state index in [4.69, 9.17) is 5.84 Å². The van der Waals surface area contributed by atoms with Gasteiger partial charge in [-0.3, -0.25) is 5.84 Å². The fraction of sp³-hybridized carbons (Fsp3) is 0.545. The first-order chi connectivity index (χ1) is 7.20. The minimum absolute atomic E-state index is 0.500. The Kier molecular flexibility index (Phi) is 4.78. The monoisotopic (exact) mass is 225 g/mol. The van der Waals surface area contributed by atoms with Crippen molar-refractivity contribution in [3.63, 3.8) is 0 Å². The van der Waals surface area contributed by atoms with Gasteiger partial charge in [-0.1, -0.05) is 27.2 Å². The van der Waals surface area contributed by atoms with Crippen molar-refractivity contribution in [1.82, 2.24) is 10.4 Å². The lowest BCUT2D eigenvalue weighted by Crippen LogP contribution is -2.22. The summed E-state index contributed by atoms with van der Waals surface area (Å²) in [4.78, 5) is 4.29. The number of allylic oxidation sites excluding steroid dienone is 1. The number of nitrogens with one attached hydrogen (secondary N) is 1. The van der Waals surface area contributed by atoms with Crippen LogP contribution in [0.25, 0.3) is 5.70 Å². The molecule has 1 aromatic heterocycles. The number of hydrogen-bond donors (Lipinski definition) is 2. The highest BCUT2D eigenvalue weighted by molar-refractivity contribution is 7.10. The topological polar surface area (TPSA) is 50.9 Å². The molecule has 0 atom stereocenters. The third-order valence-electron chi connectivity index (χ3n) is 2.33. The highest BCUT2D eigenvalue weighted by Crippen LogP contribution is 2.26. The van der Waals surface area contributed by atoms with E-state index in [1.807, 2.05) is 5.38 Å². The second kappa shape index (κ2) is 5.88. The lowest BCUT2D eigenvalue weighted by Gasteiger charge is -2.15. The molecular formula is C11H19N3S. The van der Waals surface area contributed by atoms with Gasteiger partial charge in [0.1, 0.15) is 5.01 Å². The van der Waals surface area contributed by atoms with Gasteiger partial charge >= 0.3 is 0 Å². The maximum absolute atomic E-state index is 5.59. The Bertz CT molecular complexity index is 315. The van der Waals surface area contributed by atoms with Crippen molar-refractivity contribution in [2.45, 2.75) is 33.6 Å². The van der Waals surface area contributed by atoms with Gasteiger partial charge < -0.3 is 5.43 Å². The number of rotatable bonds is 5. The smallest absolute Gasteiger partial charge is 0.140 e. The fourth-order valence-corrected chi connectivity index (χ4v) is 2.29. The van der Waals surface area contributed by atoms with Crippen LogP contribution in [-0.2, 0) is 0 Å². The van der Waals surface area contributed by atoms with Crippen molar-refractivity contribution >= 4 is 17.0 Å². The average molecular weight is 225 g/mol. The lowest BCUT2D eigenvalue weighted by atomic mass is 9.96. The van der Waals surface area contributed by atoms with Crippen molar-refractivity contribution in [3.05, 3.63) is 22.2 Å². The zero-order chi connectivity index (χ0) is 11.3. The Labute approximate surface area is 95.4 Å². The predicted molar refractivity (Wildman–Crippen MR) is 66.1 cm³/mol. The van der Waals surface area contributed by atoms with Gasteiger partial charge in [0.2, 0.25) is 0 Å². The summed E-state index contributed by atoms with van der Waals surface area (Å²) in [6.45, 7) is 6.56. The van der Waals surface area contributed by atoms with Gasteiger partial charge in [-0.05, 0) is 17.9 Å². The Balaban J connectivity index is 3.07. The van der Waals surface area contributed by atoms with Crippen LogP contribution in [0.3, 0.4) is 0 Å². The van der Waals surface area contributed by atoms with Crippen LogP contribution in [0.4, 0.5) is 0 Å². The van der Waals surface area contributed by atoms with Crippen LogP contribution in [0, 0.1) is 5.92 Å². The first kappa shape index (κ1) is 12.2. The molecule has 3 nitrogen and oxygen atoms in total. The molecule has 15 heavy (non-hydrogen) atoms. The van der Waals surface area contributed by atoms with Gasteiger partial charge in [-0.2, -0.15) is 0 Å². The molecule has 0 aliphatic rings. The first-order valence-electron chi connectivity index (χ1n) is 5.30. The largest absolute Gasteiger partial charge is 0.321 e. The molecule has 0 saturated heterocycles. The van der Waals surface area contributed by atoms with Crippen LogP contribution >= 0.6 is 11.3 Å². The van der Waals surface area contributed by atoms with Gasteiger partial charge in [0.15, 0.2) is 0 Å². The summed E-state index contributed by atoms with van der Waals surface area (Å²) in [6, 6.07) is 0. The molecule has 0 bridgehead atoms. The van der Waals surface area contributed by atoms with E-state index in [0.29, 0.717) is 5.92 Å². The number of nitrogens with two attached hydrogens (primary N) is 1. The van der Waals surface area contributed by atoms with E-state index in [2.05, 4.69) is 31.2 Å². The van der Waals surface area contributed by atoms with Crippen LogP contribution in [-0.4, -0.2) is 4.98 Å². The molecule has 1 rings (SSSR count). The van der Waals surface area contributed by atoms with Crippen molar-refractivity contribution in [2.24, 2.45) is 11.8 Å². The summed E-state index contributed by atoms with van der Waals surface area (Å²) in [5.41, 5.74) is 5.16. The third kappa shape index (κ3) is 3.04. The minimum Gasteiger partial charge on any atom is -0.321 e. The van der Waals surface area contributed by atoms with Crippen LogP contribution in [0.5, 0.6) is 0 Å². The van der Waals surface area contributed by atoms with E-state index in [-0.39, 0.29) is 0 Å². The van der Waals surface area contributed by atoms with Crippen molar-refractivity contribution in [1.29, 1.82) is 0 Å². The molecule has 0 spiro atoms. The summed E-state index contributed by atoms with van der Waals surface area (Å²) in [7, 11) is 0. The quantitative estimate of drug-likeness (QED) is 0.598. The second-order valence-corrected chi connectivity index (χ2v) is 4.68. The van der Waals surface area contributed by atoms with E-state index >= 15 is 0 Å². The minimum atomic E-state index is 0.500. The molecular weight excluding hydrogens is 206 g/mol. The Hall–Kier alpha value is -0.870. The van der Waals surface area contributed by atoms with Crippen LogP contribution < -0.4 is 11.3 Å². The third-order valence-corrected chi connectivity index (χ3v) is 3.12. The zero-order valence-corrected chi connectivity index (χ0v) is 10.4. The molecule has 0 radical (unpaired) electrons. The molecule has 0 unspecified atom stereocenters. The number of hydrazine groups is 1. The van der Waals surface area contributed by atoms with Gasteiger partial charge in [0.25, 0.3) is 0 Å². The molecule has 0 aliphatic carbocycles. The average Bonchev–Trinajstić information content (AvgIpc) is 2.71. The molecule has 1 aromatic rings. The summed E-state index contributed by atoms with van der Waals surface area (Å²) in [5, 5.41) is 2.95. The number of hydrogen-bond acceptors (Lipinski definition) is 4. The molecule has 84 valence electrons. The van der Waals surface area contributed by atoms with Gasteiger partial charge in [0.05, 0.1) is 5.70 Å². The maximum atomic E-state index is 5.59. The molecule has 0 amide bonds. The molecule has 0 saturated carbocycles. The molecule has 4 heteroatoms. The van der Waals surface area contributed by atoms with E-state index < -0.39 is 0 Å². The molecule has 0 aliphatic heterocycles. The second-order valence-electron chi connectivity index (χ2n) is 3.79. The van der Waals surface area contributed by atoms with Gasteiger partial charge in [-0.25, -0.2) is 4.98 Å². The highest BCUT2D eigenvalue weighted by Gasteiger charge is 2.12. The van der Waals surface area contributed by atoms with Crippen LogP contribution in [0.2, 0.25) is 0 Å². The van der Waals surface area contributed by atoms with Gasteiger partial charge in [0, 0.05) is 11.6 Å². The summed E-state index contributed by atoms with van der Waals surface area (Å²) < 4.78 is 0. The van der Waals surface area contributed by atoms with Crippen molar-refractivity contribution in [2.75, 3.05) is 0 Å². The van der Waals surface area contributed by atoms with E-state index in [1.54, 1.807) is 17.5 Å². The molecule has 3 N–H and O–H groups in total. The predicted octanol–water partition coefficient (Wildman–Crippen LogP) is 2.77. The van der Waals surface area contributed by atoms with Crippen molar-refractivity contribution in [3.8, 4) is 0 Å². The maximum Gasteiger partial charge on any atom is 0.140 e. The van der Waals surface area contributed by atoms with E-state index in [1.165, 1.54) is 5.57 Å². The van der Waals surface area contributed by atoms with E-state index in [0.717, 1.165) is 23.5 Å². The zero-order valence-electron chi connectivity index (χ0n) is 9.58. The highest BCUT2D eigenvalue weighted by atomic mass is 32.1. The fourth-order valence-electron chi connectivity index (χ4n) is 1.61. The molecule has 0 fully saturated rings. The Morgan fingerprint density at radius 2 is 2.33 bits per heavy atom. The normalized spacial score (nSPS) is 12.9. The number of thiazole rings is 1. The van der Waals surface area contributed by atoms with Gasteiger partial charge in [-0.15, -0.1) is 11.3 Å². The lowest BCUT2D eigenvalue weighted by molar-refractivity contribution is 0.695. The van der Waals surface area contributed by atoms with Crippen LogP contribution in [0.15, 0.2) is 17.2 Å². The van der Waals surface area contributed by atoms with E-state index in [9.17, 15) is 0 Å². The van der Waals surface area contributed by atoms with Crippen molar-refractivity contribution < 1.29 is 0 Å². The first-order valence-corrected chi connectivity index (χ1v) is 6.18.